The lowest BCUT2D eigenvalue weighted by Crippen LogP contribution is -2.32. The van der Waals surface area contributed by atoms with Crippen LogP contribution in [0, 0.1) is 0 Å². The number of carbonyl (C=O) groups is 3. The van der Waals surface area contributed by atoms with Gasteiger partial charge in [-0.3, -0.25) is 14.4 Å². The maximum atomic E-state index is 11.8. The molecule has 3 N–H and O–H groups in total. The number of hydrogen-bond donors (Lipinski definition) is 2. The summed E-state index contributed by atoms with van der Waals surface area (Å²) in [7, 11) is 0. The molecule has 0 saturated heterocycles. The van der Waals surface area contributed by atoms with Crippen LogP contribution in [0.4, 0.5) is 0 Å². The quantitative estimate of drug-likeness (QED) is 0.514. The number of carbonyl (C=O) groups excluding carboxylic acids is 3. The highest BCUT2D eigenvalue weighted by molar-refractivity contribution is 5.96. The SMILES string of the molecule is CCCCOc1ccc(C(=O)NCC(=O)OCC(N)=O)cc1. The third-order valence-electron chi connectivity index (χ3n) is 2.65. The number of ether oxygens (including phenoxy) is 2. The fourth-order valence-electron chi connectivity index (χ4n) is 1.49. The van der Waals surface area contributed by atoms with Gasteiger partial charge in [0.05, 0.1) is 6.61 Å². The van der Waals surface area contributed by atoms with Crippen LogP contribution in [0.1, 0.15) is 30.1 Å². The minimum atomic E-state index is -0.752. The second kappa shape index (κ2) is 9.38. The second-order valence-electron chi connectivity index (χ2n) is 4.54. The normalized spacial score (nSPS) is 9.86. The Morgan fingerprint density at radius 3 is 2.45 bits per heavy atom. The highest BCUT2D eigenvalue weighted by Gasteiger charge is 2.09. The van der Waals surface area contributed by atoms with E-state index in [0.717, 1.165) is 12.8 Å². The van der Waals surface area contributed by atoms with Crippen molar-refractivity contribution in [2.24, 2.45) is 5.73 Å². The average Bonchev–Trinajstić information content (AvgIpc) is 2.51. The predicted octanol–water partition coefficient (Wildman–Crippen LogP) is 0.624. The zero-order chi connectivity index (χ0) is 16.4. The van der Waals surface area contributed by atoms with Crippen molar-refractivity contribution in [2.45, 2.75) is 19.8 Å². The van der Waals surface area contributed by atoms with E-state index in [4.69, 9.17) is 10.5 Å². The van der Waals surface area contributed by atoms with Gasteiger partial charge < -0.3 is 20.5 Å². The zero-order valence-corrected chi connectivity index (χ0v) is 12.5. The lowest BCUT2D eigenvalue weighted by Gasteiger charge is -2.07. The maximum Gasteiger partial charge on any atom is 0.325 e. The van der Waals surface area contributed by atoms with Crippen molar-refractivity contribution < 1.29 is 23.9 Å². The predicted molar refractivity (Wildman–Crippen MR) is 79.3 cm³/mol. The van der Waals surface area contributed by atoms with E-state index in [1.165, 1.54) is 0 Å². The molecule has 0 aliphatic rings. The van der Waals surface area contributed by atoms with Crippen LogP contribution in [-0.2, 0) is 14.3 Å². The smallest absolute Gasteiger partial charge is 0.325 e. The van der Waals surface area contributed by atoms with E-state index in [0.29, 0.717) is 17.9 Å². The number of rotatable bonds is 9. The molecule has 7 nitrogen and oxygen atoms in total. The van der Waals surface area contributed by atoms with Gasteiger partial charge >= 0.3 is 5.97 Å². The summed E-state index contributed by atoms with van der Waals surface area (Å²) in [5.74, 6) is -1.22. The van der Waals surface area contributed by atoms with E-state index in [1.807, 2.05) is 0 Å². The number of benzene rings is 1. The number of primary amides is 1. The Kier molecular flexibility index (Phi) is 7.45. The van der Waals surface area contributed by atoms with Crippen LogP contribution in [0.2, 0.25) is 0 Å². The molecule has 1 rings (SSSR count). The van der Waals surface area contributed by atoms with Crippen molar-refractivity contribution in [3.63, 3.8) is 0 Å². The molecule has 120 valence electrons. The molecule has 0 unspecified atom stereocenters. The lowest BCUT2D eigenvalue weighted by molar-refractivity contribution is -0.146. The number of hydrogen-bond acceptors (Lipinski definition) is 5. The number of nitrogens with two attached hydrogens (primary N) is 1. The van der Waals surface area contributed by atoms with Gasteiger partial charge in [0, 0.05) is 5.56 Å². The number of unbranched alkanes of at least 4 members (excludes halogenated alkanes) is 1. The Balaban J connectivity index is 2.39. The Bertz CT molecular complexity index is 513. The van der Waals surface area contributed by atoms with E-state index in [-0.39, 0.29) is 6.54 Å². The van der Waals surface area contributed by atoms with Crippen molar-refractivity contribution in [3.05, 3.63) is 29.8 Å². The van der Waals surface area contributed by atoms with Crippen molar-refractivity contribution >= 4 is 17.8 Å². The maximum absolute atomic E-state index is 11.8. The van der Waals surface area contributed by atoms with E-state index in [9.17, 15) is 14.4 Å². The molecular weight excluding hydrogens is 288 g/mol. The molecule has 0 aliphatic carbocycles. The van der Waals surface area contributed by atoms with Gasteiger partial charge in [-0.05, 0) is 30.7 Å². The Hall–Kier alpha value is -2.57. The monoisotopic (exact) mass is 308 g/mol. The molecule has 22 heavy (non-hydrogen) atoms. The van der Waals surface area contributed by atoms with Crippen LogP contribution in [0.25, 0.3) is 0 Å². The van der Waals surface area contributed by atoms with Crippen LogP contribution < -0.4 is 15.8 Å². The summed E-state index contributed by atoms with van der Waals surface area (Å²) >= 11 is 0. The molecule has 0 bridgehead atoms. The molecule has 0 heterocycles. The largest absolute Gasteiger partial charge is 0.494 e. The summed E-state index contributed by atoms with van der Waals surface area (Å²) in [6.45, 7) is 1.87. The van der Waals surface area contributed by atoms with E-state index >= 15 is 0 Å². The summed E-state index contributed by atoms with van der Waals surface area (Å²) < 4.78 is 10.00. The first-order valence-corrected chi connectivity index (χ1v) is 6.98. The van der Waals surface area contributed by atoms with Gasteiger partial charge in [0.2, 0.25) is 0 Å². The fourth-order valence-corrected chi connectivity index (χ4v) is 1.49. The minimum Gasteiger partial charge on any atom is -0.494 e. The molecule has 2 amide bonds. The van der Waals surface area contributed by atoms with Gasteiger partial charge in [0.15, 0.2) is 6.61 Å². The molecule has 0 atom stereocenters. The van der Waals surface area contributed by atoms with Crippen LogP contribution >= 0.6 is 0 Å². The summed E-state index contributed by atoms with van der Waals surface area (Å²) in [5, 5.41) is 2.39. The van der Waals surface area contributed by atoms with Crippen LogP contribution in [-0.4, -0.2) is 37.5 Å². The number of nitrogens with one attached hydrogen (secondary N) is 1. The average molecular weight is 308 g/mol. The highest BCUT2D eigenvalue weighted by atomic mass is 16.5. The Morgan fingerprint density at radius 1 is 1.18 bits per heavy atom. The van der Waals surface area contributed by atoms with Gasteiger partial charge in [0.1, 0.15) is 12.3 Å². The number of amides is 2. The number of esters is 1. The summed E-state index contributed by atoms with van der Waals surface area (Å²) in [5.41, 5.74) is 5.22. The second-order valence-corrected chi connectivity index (χ2v) is 4.54. The molecule has 1 aromatic carbocycles. The zero-order valence-electron chi connectivity index (χ0n) is 12.5. The molecule has 0 aromatic heterocycles. The molecule has 1 aromatic rings. The molecule has 0 radical (unpaired) electrons. The van der Waals surface area contributed by atoms with E-state index < -0.39 is 24.4 Å². The van der Waals surface area contributed by atoms with Gasteiger partial charge in [-0.2, -0.15) is 0 Å². The highest BCUT2D eigenvalue weighted by Crippen LogP contribution is 2.12. The lowest BCUT2D eigenvalue weighted by atomic mass is 10.2. The van der Waals surface area contributed by atoms with Crippen LogP contribution in [0.3, 0.4) is 0 Å². The van der Waals surface area contributed by atoms with Crippen molar-refractivity contribution in [1.29, 1.82) is 0 Å². The molecular formula is C15H20N2O5. The summed E-state index contributed by atoms with van der Waals surface area (Å²) in [6, 6.07) is 6.59. The minimum absolute atomic E-state index is 0.332. The van der Waals surface area contributed by atoms with Gasteiger partial charge in [-0.15, -0.1) is 0 Å². The summed E-state index contributed by atoms with van der Waals surface area (Å²) in [6.07, 6.45) is 2.02. The third-order valence-corrected chi connectivity index (χ3v) is 2.65. The first kappa shape index (κ1) is 17.5. The Morgan fingerprint density at radius 2 is 1.86 bits per heavy atom. The topological polar surface area (TPSA) is 108 Å². The van der Waals surface area contributed by atoms with E-state index in [1.54, 1.807) is 24.3 Å². The van der Waals surface area contributed by atoms with Gasteiger partial charge in [-0.25, -0.2) is 0 Å². The van der Waals surface area contributed by atoms with Crippen LogP contribution in [0.5, 0.6) is 5.75 Å². The first-order valence-electron chi connectivity index (χ1n) is 6.98. The standard InChI is InChI=1S/C15H20N2O5/c1-2-3-8-21-12-6-4-11(5-7-12)15(20)17-9-14(19)22-10-13(16)18/h4-7H,2-3,8-10H2,1H3,(H2,16,18)(H,17,20). The molecule has 0 aliphatic heterocycles. The Labute approximate surface area is 128 Å². The molecule has 0 saturated carbocycles. The van der Waals surface area contributed by atoms with Gasteiger partial charge in [-0.1, -0.05) is 13.3 Å². The van der Waals surface area contributed by atoms with Gasteiger partial charge in [0.25, 0.3) is 11.8 Å². The fraction of sp³-hybridized carbons (Fsp3) is 0.400. The molecule has 0 spiro atoms. The molecule has 0 fully saturated rings. The van der Waals surface area contributed by atoms with E-state index in [2.05, 4.69) is 17.0 Å². The molecule has 7 heteroatoms. The van der Waals surface area contributed by atoms with Crippen molar-refractivity contribution in [3.8, 4) is 5.75 Å². The third kappa shape index (κ3) is 6.74. The van der Waals surface area contributed by atoms with Crippen molar-refractivity contribution in [2.75, 3.05) is 19.8 Å². The van der Waals surface area contributed by atoms with Crippen LogP contribution in [0.15, 0.2) is 24.3 Å². The first-order chi connectivity index (χ1) is 10.5. The summed E-state index contributed by atoms with van der Waals surface area (Å²) in [4.78, 5) is 33.5. The van der Waals surface area contributed by atoms with Crippen molar-refractivity contribution in [1.82, 2.24) is 5.32 Å².